The number of alkyl halides is 3. The highest BCUT2D eigenvalue weighted by molar-refractivity contribution is 14.1. The molecule has 19 heavy (non-hydrogen) atoms. The van der Waals surface area contributed by atoms with E-state index in [2.05, 4.69) is 27.7 Å². The minimum absolute atomic E-state index is 0.212. The van der Waals surface area contributed by atoms with Crippen LogP contribution in [0, 0.1) is 3.57 Å². The van der Waals surface area contributed by atoms with E-state index in [1.54, 1.807) is 24.3 Å². The van der Waals surface area contributed by atoms with Crippen molar-refractivity contribution in [2.75, 3.05) is 0 Å². The standard InChI is InChI=1S/C12H8F3IN2O/c13-12(14,15)9-5-17-18(6-9)7-11(19)8-1-3-10(16)4-2-8/h1-6H,7H2. The van der Waals surface area contributed by atoms with Crippen LogP contribution < -0.4 is 0 Å². The number of carbonyl (C=O) groups is 1. The van der Waals surface area contributed by atoms with Gasteiger partial charge in [-0.2, -0.15) is 18.3 Å². The van der Waals surface area contributed by atoms with E-state index in [1.165, 1.54) is 0 Å². The van der Waals surface area contributed by atoms with Crippen LogP contribution in [0.25, 0.3) is 0 Å². The second-order valence-electron chi connectivity index (χ2n) is 3.85. The molecule has 100 valence electrons. The van der Waals surface area contributed by atoms with E-state index in [1.807, 2.05) is 0 Å². The number of aromatic nitrogens is 2. The number of hydrogen-bond donors (Lipinski definition) is 0. The fourth-order valence-electron chi connectivity index (χ4n) is 1.47. The fourth-order valence-corrected chi connectivity index (χ4v) is 1.83. The monoisotopic (exact) mass is 380 g/mol. The first-order valence-electron chi connectivity index (χ1n) is 5.24. The van der Waals surface area contributed by atoms with Gasteiger partial charge in [0, 0.05) is 15.3 Å². The Morgan fingerprint density at radius 3 is 2.42 bits per heavy atom. The van der Waals surface area contributed by atoms with Gasteiger partial charge in [0.05, 0.1) is 11.8 Å². The molecule has 0 atom stereocenters. The summed E-state index contributed by atoms with van der Waals surface area (Å²) in [6.07, 6.45) is -2.91. The number of carbonyl (C=O) groups excluding carboxylic acids is 1. The van der Waals surface area contributed by atoms with Crippen LogP contribution in [0.5, 0.6) is 0 Å². The van der Waals surface area contributed by atoms with Gasteiger partial charge >= 0.3 is 6.18 Å². The Hall–Kier alpha value is -1.38. The van der Waals surface area contributed by atoms with Crippen molar-refractivity contribution in [3.05, 3.63) is 51.4 Å². The molecule has 7 heteroatoms. The van der Waals surface area contributed by atoms with E-state index >= 15 is 0 Å². The van der Waals surface area contributed by atoms with Crippen molar-refractivity contribution < 1.29 is 18.0 Å². The van der Waals surface area contributed by atoms with Crippen LogP contribution >= 0.6 is 22.6 Å². The highest BCUT2D eigenvalue weighted by Gasteiger charge is 2.32. The third-order valence-corrected chi connectivity index (χ3v) is 3.15. The molecule has 0 radical (unpaired) electrons. The number of halogens is 4. The smallest absolute Gasteiger partial charge is 0.292 e. The van der Waals surface area contributed by atoms with Gasteiger partial charge in [-0.15, -0.1) is 0 Å². The maximum absolute atomic E-state index is 12.4. The minimum atomic E-state index is -4.44. The molecule has 2 rings (SSSR count). The summed E-state index contributed by atoms with van der Waals surface area (Å²) in [6, 6.07) is 6.80. The van der Waals surface area contributed by atoms with Gasteiger partial charge in [-0.25, -0.2) is 0 Å². The lowest BCUT2D eigenvalue weighted by Gasteiger charge is -2.02. The number of Topliss-reactive ketones (excluding diaryl/α,β-unsaturated/α-hetero) is 1. The van der Waals surface area contributed by atoms with Crippen LogP contribution in [-0.2, 0) is 12.7 Å². The van der Waals surface area contributed by atoms with Crippen LogP contribution in [0.3, 0.4) is 0 Å². The van der Waals surface area contributed by atoms with Crippen LogP contribution in [0.15, 0.2) is 36.7 Å². The van der Waals surface area contributed by atoms with Gasteiger partial charge in [-0.1, -0.05) is 12.1 Å². The van der Waals surface area contributed by atoms with E-state index in [9.17, 15) is 18.0 Å². The van der Waals surface area contributed by atoms with Crippen LogP contribution in [-0.4, -0.2) is 15.6 Å². The molecule has 0 aliphatic carbocycles. The van der Waals surface area contributed by atoms with E-state index in [4.69, 9.17) is 0 Å². The predicted molar refractivity (Wildman–Crippen MR) is 70.7 cm³/mol. The Morgan fingerprint density at radius 2 is 1.89 bits per heavy atom. The zero-order valence-corrected chi connectivity index (χ0v) is 11.6. The van der Waals surface area contributed by atoms with E-state index < -0.39 is 11.7 Å². The van der Waals surface area contributed by atoms with Crippen molar-refractivity contribution in [3.63, 3.8) is 0 Å². The first kappa shape index (κ1) is 14.0. The molecule has 0 aliphatic heterocycles. The van der Waals surface area contributed by atoms with Gasteiger partial charge < -0.3 is 0 Å². The zero-order valence-electron chi connectivity index (χ0n) is 9.49. The summed E-state index contributed by atoms with van der Waals surface area (Å²) in [5, 5.41) is 3.54. The Morgan fingerprint density at radius 1 is 1.26 bits per heavy atom. The van der Waals surface area contributed by atoms with Crippen molar-refractivity contribution in [2.24, 2.45) is 0 Å². The van der Waals surface area contributed by atoms with Crippen molar-refractivity contribution in [3.8, 4) is 0 Å². The highest BCUT2D eigenvalue weighted by Crippen LogP contribution is 2.28. The van der Waals surface area contributed by atoms with Gasteiger partial charge in [0.1, 0.15) is 6.54 Å². The quantitative estimate of drug-likeness (QED) is 0.605. The molecular formula is C12H8F3IN2O. The van der Waals surface area contributed by atoms with E-state index in [0.29, 0.717) is 11.8 Å². The second-order valence-corrected chi connectivity index (χ2v) is 5.10. The maximum atomic E-state index is 12.4. The normalized spacial score (nSPS) is 11.6. The highest BCUT2D eigenvalue weighted by atomic mass is 127. The van der Waals surface area contributed by atoms with E-state index in [0.717, 1.165) is 14.4 Å². The molecule has 1 heterocycles. The Kier molecular flexibility index (Phi) is 3.93. The molecule has 2 aromatic rings. The summed E-state index contributed by atoms with van der Waals surface area (Å²) in [6.45, 7) is -0.212. The molecule has 0 aliphatic rings. The molecule has 0 amide bonds. The largest absolute Gasteiger partial charge is 0.419 e. The molecule has 3 nitrogen and oxygen atoms in total. The topological polar surface area (TPSA) is 34.9 Å². The van der Waals surface area contributed by atoms with Crippen LogP contribution in [0.1, 0.15) is 15.9 Å². The van der Waals surface area contributed by atoms with Crippen molar-refractivity contribution in [1.29, 1.82) is 0 Å². The average molecular weight is 380 g/mol. The number of hydrogen-bond acceptors (Lipinski definition) is 2. The third-order valence-electron chi connectivity index (χ3n) is 2.43. The summed E-state index contributed by atoms with van der Waals surface area (Å²) in [7, 11) is 0. The molecule has 0 bridgehead atoms. The molecule has 0 fully saturated rings. The first-order chi connectivity index (χ1) is 8.86. The Labute approximate surface area is 120 Å². The Balaban J connectivity index is 2.11. The average Bonchev–Trinajstić information content (AvgIpc) is 2.78. The zero-order chi connectivity index (χ0) is 14.0. The number of rotatable bonds is 3. The van der Waals surface area contributed by atoms with Crippen molar-refractivity contribution in [2.45, 2.75) is 12.7 Å². The fraction of sp³-hybridized carbons (Fsp3) is 0.167. The lowest BCUT2D eigenvalue weighted by Crippen LogP contribution is -2.11. The maximum Gasteiger partial charge on any atom is 0.419 e. The van der Waals surface area contributed by atoms with Crippen molar-refractivity contribution in [1.82, 2.24) is 9.78 Å². The van der Waals surface area contributed by atoms with Gasteiger partial charge in [0.15, 0.2) is 5.78 Å². The minimum Gasteiger partial charge on any atom is -0.292 e. The molecule has 0 spiro atoms. The molecule has 0 saturated heterocycles. The van der Waals surface area contributed by atoms with E-state index in [-0.39, 0.29) is 12.3 Å². The second kappa shape index (κ2) is 5.32. The molecule has 0 unspecified atom stereocenters. The molecule has 0 N–H and O–H groups in total. The SMILES string of the molecule is O=C(Cn1cc(C(F)(F)F)cn1)c1ccc(I)cc1. The molecule has 1 aromatic carbocycles. The summed E-state index contributed by atoms with van der Waals surface area (Å²) >= 11 is 2.10. The summed E-state index contributed by atoms with van der Waals surface area (Å²) in [4.78, 5) is 11.8. The van der Waals surface area contributed by atoms with Gasteiger partial charge in [-0.05, 0) is 34.7 Å². The molecular weight excluding hydrogens is 372 g/mol. The number of nitrogens with zero attached hydrogens (tertiary/aromatic N) is 2. The lowest BCUT2D eigenvalue weighted by molar-refractivity contribution is -0.137. The number of ketones is 1. The summed E-state index contributed by atoms with van der Waals surface area (Å²) in [5.74, 6) is -0.284. The first-order valence-corrected chi connectivity index (χ1v) is 6.32. The van der Waals surface area contributed by atoms with Crippen LogP contribution in [0.4, 0.5) is 13.2 Å². The van der Waals surface area contributed by atoms with Gasteiger partial charge in [0.25, 0.3) is 0 Å². The predicted octanol–water partition coefficient (Wildman–Crippen LogP) is 3.39. The molecule has 0 saturated carbocycles. The summed E-state index contributed by atoms with van der Waals surface area (Å²) < 4.78 is 39.1. The van der Waals surface area contributed by atoms with Gasteiger partial charge in [0.2, 0.25) is 0 Å². The number of benzene rings is 1. The lowest BCUT2D eigenvalue weighted by atomic mass is 10.1. The molecule has 1 aromatic heterocycles. The Bertz CT molecular complexity index is 590. The van der Waals surface area contributed by atoms with Crippen LogP contribution in [0.2, 0.25) is 0 Å². The van der Waals surface area contributed by atoms with Crippen molar-refractivity contribution >= 4 is 28.4 Å². The third kappa shape index (κ3) is 3.55. The van der Waals surface area contributed by atoms with Gasteiger partial charge in [-0.3, -0.25) is 9.48 Å². The summed E-state index contributed by atoms with van der Waals surface area (Å²) in [5.41, 5.74) is -0.410.